The number of fused-ring (bicyclic) bond motifs is 1. The van der Waals surface area contributed by atoms with Crippen LogP contribution < -0.4 is 4.74 Å². The van der Waals surface area contributed by atoms with Gasteiger partial charge in [-0.2, -0.15) is 8.42 Å². The van der Waals surface area contributed by atoms with Crippen molar-refractivity contribution in [3.63, 3.8) is 0 Å². The fraction of sp³-hybridized carbons (Fsp3) is 0.167. The number of para-hydroxylation sites is 1. The molecule has 0 spiro atoms. The Morgan fingerprint density at radius 1 is 0.938 bits per heavy atom. The van der Waals surface area contributed by atoms with Crippen molar-refractivity contribution in [2.75, 3.05) is 20.2 Å². The van der Waals surface area contributed by atoms with Crippen LogP contribution in [-0.2, 0) is 14.8 Å². The van der Waals surface area contributed by atoms with Gasteiger partial charge >= 0.3 is 5.97 Å². The van der Waals surface area contributed by atoms with E-state index in [-0.39, 0.29) is 18.0 Å². The number of hydrogen-bond acceptors (Lipinski definition) is 6. The molecule has 7 nitrogen and oxygen atoms in total. The van der Waals surface area contributed by atoms with Crippen LogP contribution in [-0.4, -0.2) is 51.4 Å². The van der Waals surface area contributed by atoms with Gasteiger partial charge in [0.2, 0.25) is 0 Å². The molecule has 32 heavy (non-hydrogen) atoms. The number of likely N-dealkylation sites (N-methyl/N-ethyl adjacent to an activating group) is 1. The van der Waals surface area contributed by atoms with Crippen LogP contribution in [0, 0.1) is 0 Å². The second-order valence-corrected chi connectivity index (χ2v) is 8.86. The molecule has 0 amide bonds. The highest BCUT2D eigenvalue weighted by molar-refractivity contribution is 7.90. The van der Waals surface area contributed by atoms with E-state index < -0.39 is 22.1 Å². The lowest BCUT2D eigenvalue weighted by Gasteiger charge is -2.25. The summed E-state index contributed by atoms with van der Waals surface area (Å²) in [4.78, 5) is 14.5. The molecule has 1 aliphatic rings. The van der Waals surface area contributed by atoms with Gasteiger partial charge in [-0.1, -0.05) is 48.5 Å². The van der Waals surface area contributed by atoms with Crippen LogP contribution in [0.4, 0.5) is 0 Å². The first-order valence-corrected chi connectivity index (χ1v) is 11.5. The normalized spacial score (nSPS) is 14.7. The standard InChI is InChI=1S/C24H22N2O5S/c1-26(23-21-14-8-9-15-22(21)32(28,29)25-23)16-20(17-30-19-12-6-3-7-13-19)31-24(27)18-10-4-2-5-11-18/h2-15,20H,16-17H2,1H3. The summed E-state index contributed by atoms with van der Waals surface area (Å²) in [5.74, 6) is 0.463. The van der Waals surface area contributed by atoms with Crippen molar-refractivity contribution in [2.45, 2.75) is 11.0 Å². The van der Waals surface area contributed by atoms with E-state index in [4.69, 9.17) is 9.47 Å². The first-order valence-electron chi connectivity index (χ1n) is 10.0. The van der Waals surface area contributed by atoms with Gasteiger partial charge < -0.3 is 14.4 Å². The van der Waals surface area contributed by atoms with Gasteiger partial charge in [0, 0.05) is 12.6 Å². The fourth-order valence-corrected chi connectivity index (χ4v) is 4.63. The van der Waals surface area contributed by atoms with Gasteiger partial charge in [0.05, 0.1) is 12.1 Å². The summed E-state index contributed by atoms with van der Waals surface area (Å²) >= 11 is 0. The maximum atomic E-state index is 12.6. The Kier molecular flexibility index (Phi) is 6.23. The summed E-state index contributed by atoms with van der Waals surface area (Å²) in [7, 11) is -2.04. The number of rotatable bonds is 7. The predicted octanol–water partition coefficient (Wildman–Crippen LogP) is 3.37. The third-order valence-corrected chi connectivity index (χ3v) is 6.24. The van der Waals surface area contributed by atoms with Crippen LogP contribution in [0.1, 0.15) is 15.9 Å². The zero-order valence-electron chi connectivity index (χ0n) is 17.4. The Hall–Kier alpha value is -3.65. The van der Waals surface area contributed by atoms with Gasteiger partial charge in [0.25, 0.3) is 10.0 Å². The van der Waals surface area contributed by atoms with Crippen LogP contribution >= 0.6 is 0 Å². The molecule has 0 radical (unpaired) electrons. The minimum Gasteiger partial charge on any atom is -0.490 e. The van der Waals surface area contributed by atoms with Crippen molar-refractivity contribution < 1.29 is 22.7 Å². The van der Waals surface area contributed by atoms with Crippen molar-refractivity contribution in [3.8, 4) is 5.75 Å². The van der Waals surface area contributed by atoms with Crippen molar-refractivity contribution >= 4 is 21.8 Å². The molecule has 0 aromatic heterocycles. The number of hydrogen-bond donors (Lipinski definition) is 0. The van der Waals surface area contributed by atoms with E-state index in [1.165, 1.54) is 6.07 Å². The Morgan fingerprint density at radius 2 is 1.56 bits per heavy atom. The van der Waals surface area contributed by atoms with Gasteiger partial charge in [0.15, 0.2) is 11.9 Å². The molecule has 0 saturated carbocycles. The van der Waals surface area contributed by atoms with E-state index >= 15 is 0 Å². The molecule has 0 N–H and O–H groups in total. The zero-order chi connectivity index (χ0) is 22.6. The van der Waals surface area contributed by atoms with E-state index in [1.54, 1.807) is 54.4 Å². The lowest BCUT2D eigenvalue weighted by atomic mass is 10.2. The molecule has 3 aromatic rings. The van der Waals surface area contributed by atoms with Crippen molar-refractivity contribution in [1.82, 2.24) is 4.90 Å². The van der Waals surface area contributed by atoms with Crippen molar-refractivity contribution in [1.29, 1.82) is 0 Å². The molecule has 1 unspecified atom stereocenters. The number of sulfonamides is 1. The predicted molar refractivity (Wildman–Crippen MR) is 120 cm³/mol. The fourth-order valence-electron chi connectivity index (χ4n) is 3.38. The second kappa shape index (κ2) is 9.23. The minimum absolute atomic E-state index is 0.0919. The van der Waals surface area contributed by atoms with Crippen LogP contribution in [0.25, 0.3) is 0 Å². The molecule has 0 aliphatic carbocycles. The molecule has 1 heterocycles. The quantitative estimate of drug-likeness (QED) is 0.513. The molecule has 1 aliphatic heterocycles. The van der Waals surface area contributed by atoms with E-state index in [9.17, 15) is 13.2 Å². The molecule has 0 saturated heterocycles. The zero-order valence-corrected chi connectivity index (χ0v) is 18.2. The number of benzene rings is 3. The number of carbonyl (C=O) groups excluding carboxylic acids is 1. The van der Waals surface area contributed by atoms with Crippen molar-refractivity contribution in [2.24, 2.45) is 4.40 Å². The average Bonchev–Trinajstić information content (AvgIpc) is 3.10. The van der Waals surface area contributed by atoms with Crippen LogP contribution in [0.5, 0.6) is 5.75 Å². The molecular weight excluding hydrogens is 428 g/mol. The summed E-state index contributed by atoms with van der Waals surface area (Å²) in [5, 5.41) is 0. The van der Waals surface area contributed by atoms with Gasteiger partial charge in [-0.3, -0.25) is 0 Å². The van der Waals surface area contributed by atoms with Gasteiger partial charge in [-0.05, 0) is 36.4 Å². The summed E-state index contributed by atoms with van der Waals surface area (Å²) in [6.07, 6.45) is -0.675. The van der Waals surface area contributed by atoms with Crippen LogP contribution in [0.2, 0.25) is 0 Å². The Labute approximate surface area is 187 Å². The maximum Gasteiger partial charge on any atom is 0.338 e. The molecule has 164 valence electrons. The SMILES string of the molecule is CN(CC(COc1ccccc1)OC(=O)c1ccccc1)C1=NS(=O)(=O)c2ccccc21. The number of nitrogens with zero attached hydrogens (tertiary/aromatic N) is 2. The van der Waals surface area contributed by atoms with Gasteiger partial charge in [-0.15, -0.1) is 4.40 Å². The lowest BCUT2D eigenvalue weighted by Crippen LogP contribution is -2.39. The lowest BCUT2D eigenvalue weighted by molar-refractivity contribution is 0.0130. The molecule has 8 heteroatoms. The largest absolute Gasteiger partial charge is 0.490 e. The molecule has 3 aromatic carbocycles. The third-order valence-electron chi connectivity index (χ3n) is 4.91. The summed E-state index contributed by atoms with van der Waals surface area (Å²) < 4.78 is 40.3. The van der Waals surface area contributed by atoms with E-state index in [2.05, 4.69) is 4.40 Å². The highest BCUT2D eigenvalue weighted by atomic mass is 32.2. The monoisotopic (exact) mass is 450 g/mol. The van der Waals surface area contributed by atoms with Gasteiger partial charge in [-0.25, -0.2) is 4.79 Å². The topological polar surface area (TPSA) is 85.3 Å². The van der Waals surface area contributed by atoms with E-state index in [1.807, 2.05) is 36.4 Å². The summed E-state index contributed by atoms with van der Waals surface area (Å²) in [6.45, 7) is 0.280. The Bertz CT molecular complexity index is 1230. The first-order chi connectivity index (χ1) is 15.4. The summed E-state index contributed by atoms with van der Waals surface area (Å²) in [5.41, 5.74) is 0.943. The second-order valence-electron chi connectivity index (χ2n) is 7.28. The summed E-state index contributed by atoms with van der Waals surface area (Å²) in [6, 6.07) is 24.5. The maximum absolute atomic E-state index is 12.6. The van der Waals surface area contributed by atoms with Crippen LogP contribution in [0.3, 0.4) is 0 Å². The molecule has 0 bridgehead atoms. The molecule has 4 rings (SSSR count). The molecule has 1 atom stereocenters. The van der Waals surface area contributed by atoms with Crippen molar-refractivity contribution in [3.05, 3.63) is 96.1 Å². The van der Waals surface area contributed by atoms with E-state index in [0.717, 1.165) is 0 Å². The third kappa shape index (κ3) is 4.81. The first kappa shape index (κ1) is 21.6. The number of ether oxygens (including phenoxy) is 2. The Balaban J connectivity index is 1.53. The van der Waals surface area contributed by atoms with E-state index in [0.29, 0.717) is 22.7 Å². The number of carbonyl (C=O) groups is 1. The number of amidine groups is 1. The molecular formula is C24H22N2O5S. The number of esters is 1. The minimum atomic E-state index is -3.75. The smallest absolute Gasteiger partial charge is 0.338 e. The van der Waals surface area contributed by atoms with Gasteiger partial charge in [0.1, 0.15) is 17.3 Å². The Morgan fingerprint density at radius 3 is 2.28 bits per heavy atom. The average molecular weight is 451 g/mol. The molecule has 0 fully saturated rings. The van der Waals surface area contributed by atoms with Crippen LogP contribution in [0.15, 0.2) is 94.2 Å². The highest BCUT2D eigenvalue weighted by Gasteiger charge is 2.31. The highest BCUT2D eigenvalue weighted by Crippen LogP contribution is 2.27.